The van der Waals surface area contributed by atoms with E-state index < -0.39 is 0 Å². The molecule has 7 nitrogen and oxygen atoms in total. The van der Waals surface area contributed by atoms with Crippen LogP contribution < -0.4 is 15.4 Å². The topological polar surface area (TPSA) is 76.4 Å². The van der Waals surface area contributed by atoms with E-state index in [1.807, 2.05) is 12.1 Å². The van der Waals surface area contributed by atoms with Gasteiger partial charge >= 0.3 is 0 Å². The summed E-state index contributed by atoms with van der Waals surface area (Å²) in [7, 11) is 0. The third-order valence-electron chi connectivity index (χ3n) is 5.59. The van der Waals surface area contributed by atoms with E-state index in [1.165, 1.54) is 31.2 Å². The molecule has 2 aromatic rings. The van der Waals surface area contributed by atoms with E-state index in [1.54, 1.807) is 6.33 Å². The number of aliphatic imine (C=N–C) groups is 1. The highest BCUT2D eigenvalue weighted by molar-refractivity contribution is 5.80. The standard InChI is InChI=1S/C21H30N6O/c1-2-20-26-23-15-27(20)13-12-22-21(24-16-7-3-4-8-16)25-18-11-14-28-19-10-6-5-9-17(18)19/h5-6,9-10,15-16,18H,2-4,7-8,11-14H2,1H3,(H2,22,24,25). The lowest BCUT2D eigenvalue weighted by Gasteiger charge is -2.29. The van der Waals surface area contributed by atoms with E-state index in [2.05, 4.69) is 44.5 Å². The summed E-state index contributed by atoms with van der Waals surface area (Å²) in [6.45, 7) is 4.31. The predicted octanol–water partition coefficient (Wildman–Crippen LogP) is 2.84. The second-order valence-corrected chi connectivity index (χ2v) is 7.52. The molecule has 1 unspecified atom stereocenters. The van der Waals surface area contributed by atoms with Gasteiger partial charge in [0.2, 0.25) is 0 Å². The molecule has 1 aliphatic heterocycles. The van der Waals surface area contributed by atoms with Crippen LogP contribution in [0.25, 0.3) is 0 Å². The number of para-hydroxylation sites is 1. The monoisotopic (exact) mass is 382 g/mol. The van der Waals surface area contributed by atoms with Crippen molar-refractivity contribution in [3.63, 3.8) is 0 Å². The van der Waals surface area contributed by atoms with E-state index in [0.29, 0.717) is 12.6 Å². The largest absolute Gasteiger partial charge is 0.493 e. The van der Waals surface area contributed by atoms with Crippen molar-refractivity contribution in [2.24, 2.45) is 4.99 Å². The molecule has 2 N–H and O–H groups in total. The summed E-state index contributed by atoms with van der Waals surface area (Å²) in [4.78, 5) is 4.88. The van der Waals surface area contributed by atoms with E-state index in [4.69, 9.17) is 9.73 Å². The van der Waals surface area contributed by atoms with E-state index in [0.717, 1.165) is 43.5 Å². The van der Waals surface area contributed by atoms with Gasteiger partial charge in [0, 0.05) is 31.0 Å². The quantitative estimate of drug-likeness (QED) is 0.593. The van der Waals surface area contributed by atoms with Crippen LogP contribution in [0.1, 0.15) is 56.5 Å². The number of nitrogens with zero attached hydrogens (tertiary/aromatic N) is 4. The molecule has 28 heavy (non-hydrogen) atoms. The van der Waals surface area contributed by atoms with Gasteiger partial charge < -0.3 is 19.9 Å². The summed E-state index contributed by atoms with van der Waals surface area (Å²) in [5, 5.41) is 15.5. The zero-order chi connectivity index (χ0) is 19.2. The molecule has 0 radical (unpaired) electrons. The zero-order valence-corrected chi connectivity index (χ0v) is 16.6. The van der Waals surface area contributed by atoms with E-state index >= 15 is 0 Å². The van der Waals surface area contributed by atoms with E-state index in [-0.39, 0.29) is 6.04 Å². The number of hydrogen-bond acceptors (Lipinski definition) is 4. The smallest absolute Gasteiger partial charge is 0.192 e. The Hall–Kier alpha value is -2.57. The van der Waals surface area contributed by atoms with Crippen LogP contribution in [0.4, 0.5) is 0 Å². The Morgan fingerprint density at radius 2 is 2.07 bits per heavy atom. The normalized spacial score (nSPS) is 19.9. The zero-order valence-electron chi connectivity index (χ0n) is 16.6. The lowest BCUT2D eigenvalue weighted by atomic mass is 10.0. The lowest BCUT2D eigenvalue weighted by molar-refractivity contribution is 0.261. The van der Waals surface area contributed by atoms with Gasteiger partial charge in [-0.25, -0.2) is 0 Å². The van der Waals surface area contributed by atoms with Gasteiger partial charge in [0.1, 0.15) is 17.9 Å². The second kappa shape index (κ2) is 9.08. The fourth-order valence-corrected chi connectivity index (χ4v) is 4.06. The maximum atomic E-state index is 5.81. The summed E-state index contributed by atoms with van der Waals surface area (Å²) in [6.07, 6.45) is 8.65. The third-order valence-corrected chi connectivity index (χ3v) is 5.59. The van der Waals surface area contributed by atoms with Crippen LogP contribution >= 0.6 is 0 Å². The molecule has 1 aromatic carbocycles. The molecule has 7 heteroatoms. The highest BCUT2D eigenvalue weighted by Crippen LogP contribution is 2.31. The number of hydrogen-bond donors (Lipinski definition) is 2. The van der Waals surface area contributed by atoms with Crippen molar-refractivity contribution in [2.45, 2.75) is 64.1 Å². The van der Waals surface area contributed by atoms with E-state index in [9.17, 15) is 0 Å². The Bertz CT molecular complexity index is 796. The van der Waals surface area contributed by atoms with Crippen molar-refractivity contribution < 1.29 is 4.74 Å². The highest BCUT2D eigenvalue weighted by Gasteiger charge is 2.23. The van der Waals surface area contributed by atoms with Crippen LogP contribution in [0.15, 0.2) is 35.6 Å². The van der Waals surface area contributed by atoms with Gasteiger partial charge in [0.05, 0.1) is 19.2 Å². The van der Waals surface area contributed by atoms with Gasteiger partial charge in [-0.1, -0.05) is 38.0 Å². The van der Waals surface area contributed by atoms with Crippen molar-refractivity contribution in [3.05, 3.63) is 42.0 Å². The number of aryl methyl sites for hydroxylation is 1. The Morgan fingerprint density at radius 1 is 1.21 bits per heavy atom. The van der Waals surface area contributed by atoms with Gasteiger partial charge in [0.25, 0.3) is 0 Å². The van der Waals surface area contributed by atoms with Crippen molar-refractivity contribution in [1.29, 1.82) is 0 Å². The molecule has 2 heterocycles. The molecule has 1 atom stereocenters. The van der Waals surface area contributed by atoms with Gasteiger partial charge in [-0.2, -0.15) is 0 Å². The highest BCUT2D eigenvalue weighted by atomic mass is 16.5. The number of nitrogens with one attached hydrogen (secondary N) is 2. The Kier molecular flexibility index (Phi) is 6.09. The number of benzene rings is 1. The van der Waals surface area contributed by atoms with Crippen LogP contribution in [0.3, 0.4) is 0 Å². The average molecular weight is 383 g/mol. The Morgan fingerprint density at radius 3 is 2.93 bits per heavy atom. The lowest BCUT2D eigenvalue weighted by Crippen LogP contribution is -2.45. The summed E-state index contributed by atoms with van der Waals surface area (Å²) >= 11 is 0. The minimum atomic E-state index is 0.221. The van der Waals surface area contributed by atoms with Gasteiger partial charge in [-0.05, 0) is 18.9 Å². The maximum absolute atomic E-state index is 5.81. The molecule has 4 rings (SSSR count). The summed E-state index contributed by atoms with van der Waals surface area (Å²) in [6, 6.07) is 9.02. The fourth-order valence-electron chi connectivity index (χ4n) is 4.06. The first-order valence-electron chi connectivity index (χ1n) is 10.5. The minimum absolute atomic E-state index is 0.221. The fraction of sp³-hybridized carbons (Fsp3) is 0.571. The molecule has 0 amide bonds. The van der Waals surface area contributed by atoms with Crippen LogP contribution in [-0.2, 0) is 13.0 Å². The van der Waals surface area contributed by atoms with Crippen LogP contribution in [0.5, 0.6) is 5.75 Å². The van der Waals surface area contributed by atoms with Crippen LogP contribution in [-0.4, -0.2) is 39.9 Å². The molecular formula is C21H30N6O. The summed E-state index contributed by atoms with van der Waals surface area (Å²) in [5.41, 5.74) is 1.21. The number of ether oxygens (including phenoxy) is 1. The Balaban J connectivity index is 1.45. The second-order valence-electron chi connectivity index (χ2n) is 7.52. The van der Waals surface area contributed by atoms with Gasteiger partial charge in [-0.15, -0.1) is 10.2 Å². The molecular weight excluding hydrogens is 352 g/mol. The first-order chi connectivity index (χ1) is 13.8. The maximum Gasteiger partial charge on any atom is 0.192 e. The number of guanidine groups is 1. The van der Waals surface area contributed by atoms with Crippen molar-refractivity contribution in [2.75, 3.05) is 13.2 Å². The molecule has 1 aromatic heterocycles. The van der Waals surface area contributed by atoms with Crippen molar-refractivity contribution in [1.82, 2.24) is 25.4 Å². The minimum Gasteiger partial charge on any atom is -0.493 e. The van der Waals surface area contributed by atoms with Crippen molar-refractivity contribution in [3.8, 4) is 5.75 Å². The number of rotatable bonds is 6. The molecule has 150 valence electrons. The molecule has 1 fully saturated rings. The van der Waals surface area contributed by atoms with Gasteiger partial charge in [0.15, 0.2) is 5.96 Å². The first kappa shape index (κ1) is 18.8. The molecule has 2 aliphatic rings. The number of aromatic nitrogens is 3. The predicted molar refractivity (Wildman–Crippen MR) is 110 cm³/mol. The first-order valence-corrected chi connectivity index (χ1v) is 10.5. The SMILES string of the molecule is CCc1nncn1CCN=C(NC1CCCC1)NC1CCOc2ccccc21. The van der Waals surface area contributed by atoms with Gasteiger partial charge in [-0.3, -0.25) is 4.99 Å². The molecule has 0 spiro atoms. The Labute approximate surface area is 166 Å². The molecule has 1 aliphatic carbocycles. The van der Waals surface area contributed by atoms with Crippen LogP contribution in [0.2, 0.25) is 0 Å². The molecule has 1 saturated carbocycles. The van der Waals surface area contributed by atoms with Crippen LogP contribution in [0, 0.1) is 0 Å². The molecule has 0 bridgehead atoms. The molecule has 0 saturated heterocycles. The summed E-state index contributed by atoms with van der Waals surface area (Å²) < 4.78 is 7.89. The average Bonchev–Trinajstić information content (AvgIpc) is 3.40. The third kappa shape index (κ3) is 4.46. The van der Waals surface area contributed by atoms with Crippen molar-refractivity contribution >= 4 is 5.96 Å². The summed E-state index contributed by atoms with van der Waals surface area (Å²) in [5.74, 6) is 2.88. The number of fused-ring (bicyclic) bond motifs is 1.